The van der Waals surface area contributed by atoms with E-state index < -0.39 is 4.92 Å². The van der Waals surface area contributed by atoms with Gasteiger partial charge in [0, 0.05) is 31.3 Å². The number of carbonyl (C=O) groups is 1. The number of nitro groups is 1. The number of nitro benzene ring substituents is 1. The Kier molecular flexibility index (Phi) is 6.54. The van der Waals surface area contributed by atoms with Gasteiger partial charge in [0.1, 0.15) is 11.5 Å². The van der Waals surface area contributed by atoms with Gasteiger partial charge in [-0.2, -0.15) is 0 Å². The van der Waals surface area contributed by atoms with Crippen LogP contribution in [0.3, 0.4) is 0 Å². The van der Waals surface area contributed by atoms with E-state index in [1.54, 1.807) is 17.0 Å². The Morgan fingerprint density at radius 3 is 2.42 bits per heavy atom. The van der Waals surface area contributed by atoms with Crippen molar-refractivity contribution in [2.75, 3.05) is 13.1 Å². The van der Waals surface area contributed by atoms with Gasteiger partial charge in [-0.15, -0.1) is 12.4 Å². The number of hydrogen-bond acceptors (Lipinski definition) is 5. The molecule has 1 saturated heterocycles. The third-order valence-electron chi connectivity index (χ3n) is 4.20. The summed E-state index contributed by atoms with van der Waals surface area (Å²) < 4.78 is 5.78. The average molecular weight is 378 g/mol. The van der Waals surface area contributed by atoms with E-state index in [9.17, 15) is 14.9 Å². The first-order valence-electron chi connectivity index (χ1n) is 8.11. The van der Waals surface area contributed by atoms with Crippen LogP contribution in [-0.2, 0) is 0 Å². The summed E-state index contributed by atoms with van der Waals surface area (Å²) in [6.45, 7) is 1.07. The standard InChI is InChI=1S/C18H19N3O4.ClH/c19-13-8-10-20(11-9-13)18(22)16-12-14(21(23)24)6-7-17(16)25-15-4-2-1-3-5-15;/h1-7,12-13H,8-11,19H2;1H. The highest BCUT2D eigenvalue weighted by atomic mass is 35.5. The first kappa shape index (κ1) is 19.7. The number of nitrogens with zero attached hydrogens (tertiary/aromatic N) is 2. The number of amides is 1. The van der Waals surface area contributed by atoms with Crippen molar-refractivity contribution in [2.45, 2.75) is 18.9 Å². The lowest BCUT2D eigenvalue weighted by atomic mass is 10.0. The second-order valence-corrected chi connectivity index (χ2v) is 5.98. The summed E-state index contributed by atoms with van der Waals surface area (Å²) in [6.07, 6.45) is 1.44. The van der Waals surface area contributed by atoms with Crippen LogP contribution in [0.1, 0.15) is 23.2 Å². The van der Waals surface area contributed by atoms with Crippen molar-refractivity contribution in [1.29, 1.82) is 0 Å². The van der Waals surface area contributed by atoms with Crippen LogP contribution >= 0.6 is 12.4 Å². The van der Waals surface area contributed by atoms with E-state index in [-0.39, 0.29) is 35.6 Å². The molecule has 0 bridgehead atoms. The summed E-state index contributed by atoms with van der Waals surface area (Å²) in [5.74, 6) is 0.587. The molecular formula is C18H20ClN3O4. The van der Waals surface area contributed by atoms with Crippen molar-refractivity contribution in [3.05, 3.63) is 64.2 Å². The highest BCUT2D eigenvalue weighted by Crippen LogP contribution is 2.30. The number of benzene rings is 2. The Morgan fingerprint density at radius 2 is 1.81 bits per heavy atom. The summed E-state index contributed by atoms with van der Waals surface area (Å²) in [4.78, 5) is 25.1. The zero-order valence-electron chi connectivity index (χ0n) is 14.0. The molecule has 8 heteroatoms. The fraction of sp³-hybridized carbons (Fsp3) is 0.278. The number of hydrogen-bond donors (Lipinski definition) is 1. The molecule has 1 aliphatic rings. The summed E-state index contributed by atoms with van der Waals surface area (Å²) >= 11 is 0. The smallest absolute Gasteiger partial charge is 0.270 e. The third kappa shape index (κ3) is 4.50. The van der Waals surface area contributed by atoms with Crippen LogP contribution in [0.4, 0.5) is 5.69 Å². The van der Waals surface area contributed by atoms with E-state index in [0.29, 0.717) is 24.6 Å². The lowest BCUT2D eigenvalue weighted by Gasteiger charge is -2.30. The first-order chi connectivity index (χ1) is 12.0. The molecule has 1 heterocycles. The molecule has 0 aromatic heterocycles. The van der Waals surface area contributed by atoms with Crippen molar-refractivity contribution >= 4 is 24.0 Å². The summed E-state index contributed by atoms with van der Waals surface area (Å²) in [5.41, 5.74) is 5.93. The zero-order valence-corrected chi connectivity index (χ0v) is 14.9. The van der Waals surface area contributed by atoms with Crippen molar-refractivity contribution in [3.63, 3.8) is 0 Å². The van der Waals surface area contributed by atoms with E-state index in [2.05, 4.69) is 0 Å². The third-order valence-corrected chi connectivity index (χ3v) is 4.20. The molecule has 1 fully saturated rings. The van der Waals surface area contributed by atoms with Crippen LogP contribution in [0.25, 0.3) is 0 Å². The topological polar surface area (TPSA) is 98.7 Å². The van der Waals surface area contributed by atoms with Gasteiger partial charge >= 0.3 is 0 Å². The van der Waals surface area contributed by atoms with Crippen LogP contribution in [0, 0.1) is 10.1 Å². The molecule has 2 aromatic carbocycles. The number of ether oxygens (including phenoxy) is 1. The molecule has 2 aromatic rings. The van der Waals surface area contributed by atoms with E-state index in [1.165, 1.54) is 18.2 Å². The molecule has 0 spiro atoms. The predicted octanol–water partition coefficient (Wildman–Crippen LogP) is 3.37. The Bertz CT molecular complexity index is 777. The minimum atomic E-state index is -0.519. The first-order valence-corrected chi connectivity index (χ1v) is 8.11. The fourth-order valence-corrected chi connectivity index (χ4v) is 2.78. The van der Waals surface area contributed by atoms with Gasteiger partial charge in [-0.3, -0.25) is 14.9 Å². The minimum Gasteiger partial charge on any atom is -0.457 e. The average Bonchev–Trinajstić information content (AvgIpc) is 2.63. The van der Waals surface area contributed by atoms with Gasteiger partial charge in [0.05, 0.1) is 10.5 Å². The van der Waals surface area contributed by atoms with E-state index in [1.807, 2.05) is 18.2 Å². The molecule has 138 valence electrons. The molecule has 0 atom stereocenters. The summed E-state index contributed by atoms with van der Waals surface area (Å²) in [6, 6.07) is 13.2. The fourth-order valence-electron chi connectivity index (χ4n) is 2.78. The van der Waals surface area contributed by atoms with E-state index in [0.717, 1.165) is 12.8 Å². The highest BCUT2D eigenvalue weighted by Gasteiger charge is 2.26. The number of rotatable bonds is 4. The molecular weight excluding hydrogens is 358 g/mol. The maximum absolute atomic E-state index is 12.9. The van der Waals surface area contributed by atoms with Crippen LogP contribution < -0.4 is 10.5 Å². The highest BCUT2D eigenvalue weighted by molar-refractivity contribution is 5.97. The number of carbonyl (C=O) groups excluding carboxylic acids is 1. The number of piperidine rings is 1. The molecule has 2 N–H and O–H groups in total. The van der Waals surface area contributed by atoms with Crippen molar-refractivity contribution in [1.82, 2.24) is 4.90 Å². The van der Waals surface area contributed by atoms with Crippen LogP contribution in [0.15, 0.2) is 48.5 Å². The predicted molar refractivity (Wildman–Crippen MR) is 100.0 cm³/mol. The Labute approximate surface area is 157 Å². The maximum atomic E-state index is 12.9. The second-order valence-electron chi connectivity index (χ2n) is 5.98. The molecule has 0 unspecified atom stereocenters. The number of non-ortho nitro benzene ring substituents is 1. The Morgan fingerprint density at radius 1 is 1.15 bits per heavy atom. The van der Waals surface area contributed by atoms with Crippen molar-refractivity contribution < 1.29 is 14.5 Å². The zero-order chi connectivity index (χ0) is 17.8. The van der Waals surface area contributed by atoms with Gasteiger partial charge in [-0.1, -0.05) is 18.2 Å². The molecule has 0 aliphatic carbocycles. The lowest BCUT2D eigenvalue weighted by Crippen LogP contribution is -2.42. The van der Waals surface area contributed by atoms with Gasteiger partial charge in [-0.05, 0) is 31.0 Å². The maximum Gasteiger partial charge on any atom is 0.270 e. The SMILES string of the molecule is Cl.NC1CCN(C(=O)c2cc([N+](=O)[O-])ccc2Oc2ccccc2)CC1. The molecule has 7 nitrogen and oxygen atoms in total. The lowest BCUT2D eigenvalue weighted by molar-refractivity contribution is -0.384. The molecule has 26 heavy (non-hydrogen) atoms. The second kappa shape index (κ2) is 8.64. The Balaban J connectivity index is 0.00000243. The van der Waals surface area contributed by atoms with E-state index >= 15 is 0 Å². The normalized spacial score (nSPS) is 14.4. The number of likely N-dealkylation sites (tertiary alicyclic amines) is 1. The van der Waals surface area contributed by atoms with Gasteiger partial charge in [-0.25, -0.2) is 0 Å². The molecule has 3 rings (SSSR count). The Hall–Kier alpha value is -2.64. The quantitative estimate of drug-likeness (QED) is 0.650. The van der Waals surface area contributed by atoms with Gasteiger partial charge in [0.15, 0.2) is 0 Å². The number of para-hydroxylation sites is 1. The minimum absolute atomic E-state index is 0. The molecule has 1 amide bonds. The van der Waals surface area contributed by atoms with Gasteiger partial charge < -0.3 is 15.4 Å². The number of nitrogens with two attached hydrogens (primary N) is 1. The number of halogens is 1. The van der Waals surface area contributed by atoms with Crippen LogP contribution in [-0.4, -0.2) is 34.9 Å². The molecule has 0 saturated carbocycles. The van der Waals surface area contributed by atoms with Crippen molar-refractivity contribution in [2.24, 2.45) is 5.73 Å². The molecule has 0 radical (unpaired) electrons. The monoisotopic (exact) mass is 377 g/mol. The molecule has 1 aliphatic heterocycles. The van der Waals surface area contributed by atoms with Crippen LogP contribution in [0.5, 0.6) is 11.5 Å². The largest absolute Gasteiger partial charge is 0.457 e. The van der Waals surface area contributed by atoms with E-state index in [4.69, 9.17) is 10.5 Å². The van der Waals surface area contributed by atoms with Gasteiger partial charge in [0.2, 0.25) is 0 Å². The summed E-state index contributed by atoms with van der Waals surface area (Å²) in [7, 11) is 0. The van der Waals surface area contributed by atoms with Crippen LogP contribution in [0.2, 0.25) is 0 Å². The van der Waals surface area contributed by atoms with Crippen molar-refractivity contribution in [3.8, 4) is 11.5 Å². The summed E-state index contributed by atoms with van der Waals surface area (Å²) in [5, 5.41) is 11.1. The van der Waals surface area contributed by atoms with Gasteiger partial charge in [0.25, 0.3) is 11.6 Å².